The smallest absolute Gasteiger partial charge is 0.287 e. The lowest BCUT2D eigenvalue weighted by molar-refractivity contribution is -0.125. The van der Waals surface area contributed by atoms with E-state index in [1.54, 1.807) is 12.1 Å². The molecule has 1 saturated heterocycles. The minimum absolute atomic E-state index is 0.00638. The average Bonchev–Trinajstić information content (AvgIpc) is 3.31. The third kappa shape index (κ3) is 4.83. The molecule has 1 aromatic rings. The lowest BCUT2D eigenvalue weighted by Gasteiger charge is -2.33. The summed E-state index contributed by atoms with van der Waals surface area (Å²) in [5.41, 5.74) is 0. The van der Waals surface area contributed by atoms with Gasteiger partial charge in [0.25, 0.3) is 5.91 Å². The molecule has 1 aliphatic heterocycles. The molecule has 138 valence electrons. The van der Waals surface area contributed by atoms with Gasteiger partial charge in [-0.25, -0.2) is 0 Å². The summed E-state index contributed by atoms with van der Waals surface area (Å²) in [6.07, 6.45) is 3.98. The Bertz CT molecular complexity index is 583. The molecular weight excluding hydrogens is 322 g/mol. The van der Waals surface area contributed by atoms with Gasteiger partial charge in [0.2, 0.25) is 5.91 Å². The van der Waals surface area contributed by atoms with Gasteiger partial charge in [-0.3, -0.25) is 14.5 Å². The highest BCUT2D eigenvalue weighted by atomic mass is 16.5. The molecule has 3 rings (SSSR count). The molecular formula is C18H27N3O4. The second-order valence-electron chi connectivity index (χ2n) is 7.14. The predicted octanol–water partition coefficient (Wildman–Crippen LogP) is 1.01. The Morgan fingerprint density at radius 2 is 2.16 bits per heavy atom. The number of ether oxygens (including phenoxy) is 1. The van der Waals surface area contributed by atoms with E-state index in [9.17, 15) is 9.59 Å². The van der Waals surface area contributed by atoms with E-state index in [1.165, 1.54) is 19.1 Å². The van der Waals surface area contributed by atoms with Crippen LogP contribution in [0.15, 0.2) is 22.8 Å². The highest BCUT2D eigenvalue weighted by Gasteiger charge is 2.33. The highest BCUT2D eigenvalue weighted by molar-refractivity contribution is 5.95. The fraction of sp³-hybridized carbons (Fsp3) is 0.667. The molecule has 0 spiro atoms. The minimum atomic E-state index is -0.610. The maximum absolute atomic E-state index is 12.5. The first-order valence-corrected chi connectivity index (χ1v) is 9.02. The summed E-state index contributed by atoms with van der Waals surface area (Å²) in [5.74, 6) is -0.405. The Balaban J connectivity index is 1.49. The largest absolute Gasteiger partial charge is 0.459 e. The molecule has 0 radical (unpaired) electrons. The van der Waals surface area contributed by atoms with Crippen molar-refractivity contribution in [2.45, 2.75) is 44.9 Å². The molecule has 1 aliphatic carbocycles. The van der Waals surface area contributed by atoms with Crippen molar-refractivity contribution in [3.05, 3.63) is 24.2 Å². The molecule has 2 heterocycles. The second kappa shape index (κ2) is 8.01. The Labute approximate surface area is 148 Å². The molecule has 2 aliphatic rings. The first-order chi connectivity index (χ1) is 12.0. The molecule has 2 amide bonds. The number of carbonyl (C=O) groups excluding carboxylic acids is 2. The lowest BCUT2D eigenvalue weighted by Crippen LogP contribution is -2.53. The molecule has 1 saturated carbocycles. The molecule has 7 heteroatoms. The standard InChI is InChI=1S/C18H27N3O4/c1-12(2)16(20-17(22)15-4-3-8-25-15)18(23)19-10-14-11-21(7-9-24-14)13-5-6-13/h3-4,8,12-14,16H,5-7,9-11H2,1-2H3,(H,19,23)(H,20,22)/t14-,16-/m1/s1. The number of amides is 2. The average molecular weight is 349 g/mol. The molecule has 0 bridgehead atoms. The van der Waals surface area contributed by atoms with Crippen LogP contribution in [-0.4, -0.2) is 61.1 Å². The number of nitrogens with one attached hydrogen (secondary N) is 2. The quantitative estimate of drug-likeness (QED) is 0.768. The zero-order valence-corrected chi connectivity index (χ0v) is 14.9. The molecule has 2 fully saturated rings. The van der Waals surface area contributed by atoms with Crippen LogP contribution in [-0.2, 0) is 9.53 Å². The third-order valence-electron chi connectivity index (χ3n) is 4.72. The van der Waals surface area contributed by atoms with Crippen molar-refractivity contribution in [2.75, 3.05) is 26.2 Å². The fourth-order valence-corrected chi connectivity index (χ4v) is 3.12. The van der Waals surface area contributed by atoms with Gasteiger partial charge in [0.1, 0.15) is 6.04 Å². The van der Waals surface area contributed by atoms with Crippen molar-refractivity contribution in [3.8, 4) is 0 Å². The highest BCUT2D eigenvalue weighted by Crippen LogP contribution is 2.28. The van der Waals surface area contributed by atoms with E-state index in [-0.39, 0.29) is 29.6 Å². The molecule has 25 heavy (non-hydrogen) atoms. The van der Waals surface area contributed by atoms with Crippen LogP contribution in [0.3, 0.4) is 0 Å². The number of hydrogen-bond donors (Lipinski definition) is 2. The van der Waals surface area contributed by atoms with Gasteiger partial charge in [0.05, 0.1) is 19.0 Å². The maximum Gasteiger partial charge on any atom is 0.287 e. The van der Waals surface area contributed by atoms with Crippen LogP contribution < -0.4 is 10.6 Å². The number of hydrogen-bond acceptors (Lipinski definition) is 5. The van der Waals surface area contributed by atoms with Crippen LogP contribution in [0.2, 0.25) is 0 Å². The number of morpholine rings is 1. The maximum atomic E-state index is 12.5. The minimum Gasteiger partial charge on any atom is -0.459 e. The van der Waals surface area contributed by atoms with Crippen LogP contribution in [0.5, 0.6) is 0 Å². The van der Waals surface area contributed by atoms with Crippen molar-refractivity contribution in [1.29, 1.82) is 0 Å². The fourth-order valence-electron chi connectivity index (χ4n) is 3.12. The van der Waals surface area contributed by atoms with E-state index < -0.39 is 6.04 Å². The summed E-state index contributed by atoms with van der Waals surface area (Å²) < 4.78 is 10.8. The summed E-state index contributed by atoms with van der Waals surface area (Å²) >= 11 is 0. The van der Waals surface area contributed by atoms with Crippen molar-refractivity contribution in [3.63, 3.8) is 0 Å². The van der Waals surface area contributed by atoms with E-state index in [0.29, 0.717) is 19.2 Å². The Kier molecular flexibility index (Phi) is 5.75. The van der Waals surface area contributed by atoms with E-state index in [2.05, 4.69) is 15.5 Å². The number of furan rings is 1. The second-order valence-corrected chi connectivity index (χ2v) is 7.14. The van der Waals surface area contributed by atoms with E-state index in [1.807, 2.05) is 13.8 Å². The van der Waals surface area contributed by atoms with Crippen LogP contribution in [0, 0.1) is 5.92 Å². The summed E-state index contributed by atoms with van der Waals surface area (Å²) in [5, 5.41) is 5.68. The van der Waals surface area contributed by atoms with Crippen molar-refractivity contribution in [2.24, 2.45) is 5.92 Å². The molecule has 2 N–H and O–H groups in total. The normalized spacial score (nSPS) is 22.6. The summed E-state index contributed by atoms with van der Waals surface area (Å²) in [6, 6.07) is 3.32. The van der Waals surface area contributed by atoms with Gasteiger partial charge in [-0.2, -0.15) is 0 Å². The van der Waals surface area contributed by atoms with Gasteiger partial charge in [0.15, 0.2) is 5.76 Å². The van der Waals surface area contributed by atoms with Crippen LogP contribution in [0.4, 0.5) is 0 Å². The van der Waals surface area contributed by atoms with Crippen LogP contribution >= 0.6 is 0 Å². The van der Waals surface area contributed by atoms with Gasteiger partial charge in [0, 0.05) is 25.7 Å². The Morgan fingerprint density at radius 3 is 2.80 bits per heavy atom. The summed E-state index contributed by atoms with van der Waals surface area (Å²) in [7, 11) is 0. The summed E-state index contributed by atoms with van der Waals surface area (Å²) in [4.78, 5) is 27.1. The van der Waals surface area contributed by atoms with Gasteiger partial charge in [-0.15, -0.1) is 0 Å². The SMILES string of the molecule is CC(C)[C@@H](NC(=O)c1ccco1)C(=O)NC[C@@H]1CN(C2CC2)CCO1. The van der Waals surface area contributed by atoms with E-state index in [0.717, 1.165) is 13.1 Å². The first kappa shape index (κ1) is 17.9. The van der Waals surface area contributed by atoms with Gasteiger partial charge in [-0.1, -0.05) is 13.8 Å². The van der Waals surface area contributed by atoms with Crippen molar-refractivity contribution in [1.82, 2.24) is 15.5 Å². The number of carbonyl (C=O) groups is 2. The Hall–Kier alpha value is -1.86. The predicted molar refractivity (Wildman–Crippen MR) is 92.1 cm³/mol. The molecule has 0 unspecified atom stereocenters. The zero-order chi connectivity index (χ0) is 17.8. The van der Waals surface area contributed by atoms with E-state index in [4.69, 9.17) is 9.15 Å². The van der Waals surface area contributed by atoms with Crippen LogP contribution in [0.25, 0.3) is 0 Å². The monoisotopic (exact) mass is 349 g/mol. The first-order valence-electron chi connectivity index (χ1n) is 9.02. The van der Waals surface area contributed by atoms with E-state index >= 15 is 0 Å². The van der Waals surface area contributed by atoms with Gasteiger partial charge in [-0.05, 0) is 30.9 Å². The third-order valence-corrected chi connectivity index (χ3v) is 4.72. The molecule has 2 atom stereocenters. The van der Waals surface area contributed by atoms with Crippen LogP contribution in [0.1, 0.15) is 37.2 Å². The Morgan fingerprint density at radius 1 is 1.36 bits per heavy atom. The van der Waals surface area contributed by atoms with Crippen molar-refractivity contribution >= 4 is 11.8 Å². The number of nitrogens with zero attached hydrogens (tertiary/aromatic N) is 1. The molecule has 7 nitrogen and oxygen atoms in total. The van der Waals surface area contributed by atoms with Gasteiger partial charge >= 0.3 is 0 Å². The topological polar surface area (TPSA) is 83.8 Å². The van der Waals surface area contributed by atoms with Crippen molar-refractivity contribution < 1.29 is 18.7 Å². The molecule has 1 aromatic heterocycles. The van der Waals surface area contributed by atoms with Gasteiger partial charge < -0.3 is 19.8 Å². The number of rotatable bonds is 7. The summed E-state index contributed by atoms with van der Waals surface area (Å²) in [6.45, 7) is 6.80. The zero-order valence-electron chi connectivity index (χ0n) is 14.9. The lowest BCUT2D eigenvalue weighted by atomic mass is 10.0. The molecule has 0 aromatic carbocycles.